The molecule has 0 aliphatic rings. The normalized spacial score (nSPS) is 12.0. The highest BCUT2D eigenvalue weighted by Gasteiger charge is 2.18. The van der Waals surface area contributed by atoms with E-state index in [1.807, 2.05) is 0 Å². The van der Waals surface area contributed by atoms with Crippen molar-refractivity contribution in [1.29, 1.82) is 0 Å². The van der Waals surface area contributed by atoms with Gasteiger partial charge in [0.25, 0.3) is 0 Å². The van der Waals surface area contributed by atoms with Gasteiger partial charge in [0, 0.05) is 16.7 Å². The molecule has 0 spiro atoms. The molecule has 0 heterocycles. The van der Waals surface area contributed by atoms with Gasteiger partial charge in [0.05, 0.1) is 7.11 Å². The fraction of sp³-hybridized carbons (Fsp3) is 0.158. The number of carbonyl (C=O) groups is 2. The maximum atomic E-state index is 12.2. The molecule has 24 heavy (non-hydrogen) atoms. The quantitative estimate of drug-likeness (QED) is 0.448. The average Bonchev–Trinajstić information content (AvgIpc) is 2.60. The number of ketones is 1. The van der Waals surface area contributed by atoms with Gasteiger partial charge in [0.15, 0.2) is 6.10 Å². The molecular weight excluding hydrogens is 328 g/mol. The topological polar surface area (TPSA) is 52.6 Å². The third kappa shape index (κ3) is 4.96. The van der Waals surface area contributed by atoms with Gasteiger partial charge in [-0.3, -0.25) is 4.79 Å². The fourth-order valence-corrected chi connectivity index (χ4v) is 2.12. The zero-order valence-electron chi connectivity index (χ0n) is 13.4. The number of ether oxygens (including phenoxy) is 2. The summed E-state index contributed by atoms with van der Waals surface area (Å²) in [7, 11) is 1.55. The number of benzene rings is 2. The van der Waals surface area contributed by atoms with E-state index in [4.69, 9.17) is 21.1 Å². The molecule has 0 aliphatic heterocycles. The molecule has 0 radical (unpaired) electrons. The summed E-state index contributed by atoms with van der Waals surface area (Å²) in [5.74, 6) is -0.202. The molecule has 0 N–H and O–H groups in total. The van der Waals surface area contributed by atoms with Crippen LogP contribution in [0.3, 0.4) is 0 Å². The Morgan fingerprint density at radius 3 is 2.25 bits per heavy atom. The summed E-state index contributed by atoms with van der Waals surface area (Å²) in [6.45, 7) is 1.54. The summed E-state index contributed by atoms with van der Waals surface area (Å²) in [6, 6.07) is 13.6. The van der Waals surface area contributed by atoms with Crippen LogP contribution in [0, 0.1) is 0 Å². The van der Waals surface area contributed by atoms with Crippen molar-refractivity contribution >= 4 is 29.4 Å². The Hall–Kier alpha value is -2.59. The average molecular weight is 345 g/mol. The van der Waals surface area contributed by atoms with Crippen LogP contribution in [0.1, 0.15) is 22.8 Å². The van der Waals surface area contributed by atoms with Crippen molar-refractivity contribution in [2.24, 2.45) is 0 Å². The van der Waals surface area contributed by atoms with Crippen LogP contribution in [0.2, 0.25) is 5.02 Å². The second-order valence-electron chi connectivity index (χ2n) is 5.06. The highest BCUT2D eigenvalue weighted by molar-refractivity contribution is 6.30. The van der Waals surface area contributed by atoms with E-state index in [0.29, 0.717) is 16.3 Å². The van der Waals surface area contributed by atoms with Gasteiger partial charge in [0.2, 0.25) is 5.78 Å². The second-order valence-corrected chi connectivity index (χ2v) is 5.49. The highest BCUT2D eigenvalue weighted by Crippen LogP contribution is 2.14. The number of methoxy groups -OCH3 is 1. The lowest BCUT2D eigenvalue weighted by atomic mass is 10.1. The molecule has 5 heteroatoms. The predicted molar refractivity (Wildman–Crippen MR) is 93.4 cm³/mol. The van der Waals surface area contributed by atoms with Crippen molar-refractivity contribution in [2.45, 2.75) is 13.0 Å². The van der Waals surface area contributed by atoms with E-state index < -0.39 is 12.1 Å². The molecule has 0 bridgehead atoms. The molecule has 0 saturated heterocycles. The number of rotatable bonds is 6. The molecule has 2 aromatic carbocycles. The monoisotopic (exact) mass is 344 g/mol. The van der Waals surface area contributed by atoms with E-state index in [1.54, 1.807) is 68.6 Å². The molecule has 2 aromatic rings. The SMILES string of the molecule is COc1ccc(C(=O)[C@@H](C)OC(=O)/C=C/c2ccc(Cl)cc2)cc1. The fourth-order valence-electron chi connectivity index (χ4n) is 2.00. The van der Waals surface area contributed by atoms with Crippen molar-refractivity contribution in [2.75, 3.05) is 7.11 Å². The van der Waals surface area contributed by atoms with Crippen molar-refractivity contribution in [1.82, 2.24) is 0 Å². The van der Waals surface area contributed by atoms with Crippen molar-refractivity contribution in [3.8, 4) is 5.75 Å². The van der Waals surface area contributed by atoms with Crippen LogP contribution in [-0.2, 0) is 9.53 Å². The second kappa shape index (κ2) is 8.31. The minimum atomic E-state index is -0.874. The third-order valence-electron chi connectivity index (χ3n) is 3.32. The van der Waals surface area contributed by atoms with E-state index in [2.05, 4.69) is 0 Å². The molecular formula is C19H17ClO4. The van der Waals surface area contributed by atoms with E-state index in [0.717, 1.165) is 5.56 Å². The largest absolute Gasteiger partial charge is 0.497 e. The van der Waals surface area contributed by atoms with Gasteiger partial charge in [-0.25, -0.2) is 4.79 Å². The Kier molecular flexibility index (Phi) is 6.15. The Morgan fingerprint density at radius 1 is 1.04 bits per heavy atom. The van der Waals surface area contributed by atoms with Crippen molar-refractivity contribution in [3.63, 3.8) is 0 Å². The summed E-state index contributed by atoms with van der Waals surface area (Å²) in [6.07, 6.45) is 2.00. The lowest BCUT2D eigenvalue weighted by molar-refractivity contribution is -0.140. The van der Waals surface area contributed by atoms with Gasteiger partial charge in [0.1, 0.15) is 5.75 Å². The molecule has 0 saturated carbocycles. The maximum Gasteiger partial charge on any atom is 0.331 e. The first-order valence-electron chi connectivity index (χ1n) is 7.32. The van der Waals surface area contributed by atoms with Crippen LogP contribution in [0.5, 0.6) is 5.75 Å². The van der Waals surface area contributed by atoms with E-state index >= 15 is 0 Å². The predicted octanol–water partition coefficient (Wildman–Crippen LogP) is 4.18. The van der Waals surface area contributed by atoms with Gasteiger partial charge in [-0.1, -0.05) is 23.7 Å². The zero-order chi connectivity index (χ0) is 17.5. The van der Waals surface area contributed by atoms with Crippen molar-refractivity contribution in [3.05, 3.63) is 70.8 Å². The summed E-state index contributed by atoms with van der Waals surface area (Å²) >= 11 is 5.79. The number of halogens is 1. The molecule has 0 amide bonds. The summed E-state index contributed by atoms with van der Waals surface area (Å²) in [5, 5.41) is 0.619. The molecule has 0 aliphatic carbocycles. The maximum absolute atomic E-state index is 12.2. The van der Waals surface area contributed by atoms with Gasteiger partial charge >= 0.3 is 5.97 Å². The van der Waals surface area contributed by atoms with Crippen LogP contribution < -0.4 is 4.74 Å². The third-order valence-corrected chi connectivity index (χ3v) is 3.57. The van der Waals surface area contributed by atoms with Crippen LogP contribution in [-0.4, -0.2) is 25.0 Å². The van der Waals surface area contributed by atoms with Crippen LogP contribution >= 0.6 is 11.6 Å². The van der Waals surface area contributed by atoms with Crippen molar-refractivity contribution < 1.29 is 19.1 Å². The summed E-state index contributed by atoms with van der Waals surface area (Å²) in [5.41, 5.74) is 1.27. The zero-order valence-corrected chi connectivity index (χ0v) is 14.1. The highest BCUT2D eigenvalue weighted by atomic mass is 35.5. The molecule has 0 fully saturated rings. The smallest absolute Gasteiger partial charge is 0.331 e. The van der Waals surface area contributed by atoms with Gasteiger partial charge in [-0.15, -0.1) is 0 Å². The number of hydrogen-bond acceptors (Lipinski definition) is 4. The van der Waals surface area contributed by atoms with Gasteiger partial charge in [-0.2, -0.15) is 0 Å². The Labute approximate surface area is 145 Å². The Morgan fingerprint density at radius 2 is 1.67 bits per heavy atom. The lowest BCUT2D eigenvalue weighted by Crippen LogP contribution is -2.23. The summed E-state index contributed by atoms with van der Waals surface area (Å²) in [4.78, 5) is 24.1. The van der Waals surface area contributed by atoms with E-state index in [9.17, 15) is 9.59 Å². The van der Waals surface area contributed by atoms with Crippen LogP contribution in [0.4, 0.5) is 0 Å². The minimum absolute atomic E-state index is 0.272. The summed E-state index contributed by atoms with van der Waals surface area (Å²) < 4.78 is 10.2. The minimum Gasteiger partial charge on any atom is -0.497 e. The molecule has 2 rings (SSSR count). The number of carbonyl (C=O) groups excluding carboxylic acids is 2. The molecule has 124 valence electrons. The first-order valence-corrected chi connectivity index (χ1v) is 7.70. The Balaban J connectivity index is 1.94. The molecule has 1 atom stereocenters. The van der Waals surface area contributed by atoms with E-state index in [-0.39, 0.29) is 5.78 Å². The standard InChI is InChI=1S/C19H17ClO4/c1-13(19(22)15-6-10-17(23-2)11-7-15)24-18(21)12-5-14-3-8-16(20)9-4-14/h3-13H,1-2H3/b12-5+/t13-/m1/s1. The molecule has 0 unspecified atom stereocenters. The molecule has 0 aromatic heterocycles. The number of Topliss-reactive ketones (excluding diaryl/α,β-unsaturated/α-hetero) is 1. The number of esters is 1. The Bertz CT molecular complexity index is 733. The van der Waals surface area contributed by atoms with Gasteiger partial charge < -0.3 is 9.47 Å². The van der Waals surface area contributed by atoms with Gasteiger partial charge in [-0.05, 0) is 55.0 Å². The number of hydrogen-bond donors (Lipinski definition) is 0. The van der Waals surface area contributed by atoms with E-state index in [1.165, 1.54) is 6.08 Å². The molecule has 4 nitrogen and oxygen atoms in total. The lowest BCUT2D eigenvalue weighted by Gasteiger charge is -2.11. The van der Waals surface area contributed by atoms with Crippen LogP contribution in [0.25, 0.3) is 6.08 Å². The first kappa shape index (κ1) is 17.8. The van der Waals surface area contributed by atoms with Crippen LogP contribution in [0.15, 0.2) is 54.6 Å². The first-order chi connectivity index (χ1) is 11.5.